The Morgan fingerprint density at radius 1 is 1.64 bits per heavy atom. The van der Waals surface area contributed by atoms with Gasteiger partial charge in [-0.15, -0.1) is 0 Å². The van der Waals surface area contributed by atoms with Crippen LogP contribution >= 0.6 is 11.9 Å². The van der Waals surface area contributed by atoms with E-state index in [2.05, 4.69) is 28.3 Å². The monoisotopic (exact) mass is 211 g/mol. The van der Waals surface area contributed by atoms with Crippen molar-refractivity contribution in [3.63, 3.8) is 0 Å². The van der Waals surface area contributed by atoms with Gasteiger partial charge in [-0.2, -0.15) is 0 Å². The third-order valence-corrected chi connectivity index (χ3v) is 2.88. The zero-order chi connectivity index (χ0) is 10.4. The first-order valence-electron chi connectivity index (χ1n) is 4.86. The molecule has 0 unspecified atom stereocenters. The molecule has 0 saturated carbocycles. The van der Waals surface area contributed by atoms with Crippen molar-refractivity contribution in [1.82, 2.24) is 5.32 Å². The van der Waals surface area contributed by atoms with Gasteiger partial charge in [-0.1, -0.05) is 5.57 Å². The van der Waals surface area contributed by atoms with E-state index in [-0.39, 0.29) is 0 Å². The average Bonchev–Trinajstić information content (AvgIpc) is 2.18. The smallest absolute Gasteiger partial charge is 0.117 e. The quantitative estimate of drug-likeness (QED) is 0.441. The van der Waals surface area contributed by atoms with Crippen molar-refractivity contribution < 1.29 is 0 Å². The molecule has 4 heteroatoms. The van der Waals surface area contributed by atoms with Crippen molar-refractivity contribution >= 4 is 23.7 Å². The van der Waals surface area contributed by atoms with Crippen LogP contribution in [0.1, 0.15) is 20.3 Å². The zero-order valence-corrected chi connectivity index (χ0v) is 9.65. The van der Waals surface area contributed by atoms with E-state index in [4.69, 9.17) is 0 Å². The van der Waals surface area contributed by atoms with E-state index in [0.717, 1.165) is 31.1 Å². The van der Waals surface area contributed by atoms with E-state index in [1.54, 1.807) is 0 Å². The van der Waals surface area contributed by atoms with E-state index < -0.39 is 0 Å². The van der Waals surface area contributed by atoms with Crippen molar-refractivity contribution in [2.24, 2.45) is 9.39 Å². The van der Waals surface area contributed by atoms with Crippen LogP contribution < -0.4 is 5.32 Å². The Hall–Kier alpha value is -0.610. The second kappa shape index (κ2) is 5.98. The molecule has 0 atom stereocenters. The summed E-state index contributed by atoms with van der Waals surface area (Å²) in [5.74, 6) is 0. The minimum atomic E-state index is 0.800. The Morgan fingerprint density at radius 3 is 3.00 bits per heavy atom. The molecule has 0 aromatic heterocycles. The second-order valence-electron chi connectivity index (χ2n) is 3.19. The Bertz CT molecular complexity index is 269. The summed E-state index contributed by atoms with van der Waals surface area (Å²) in [6.07, 6.45) is 1.11. The van der Waals surface area contributed by atoms with Gasteiger partial charge in [-0.05, 0) is 39.1 Å². The standard InChI is InChI=1S/C10H17N3S/c1-4-13-10(14-11-3)9-7-12-6-5-8(9)2/h12H,3-7H2,1-2H3. The zero-order valence-electron chi connectivity index (χ0n) is 8.84. The van der Waals surface area contributed by atoms with Gasteiger partial charge in [0.05, 0.1) is 0 Å². The van der Waals surface area contributed by atoms with Crippen LogP contribution in [0.4, 0.5) is 0 Å². The first-order chi connectivity index (χ1) is 6.79. The minimum absolute atomic E-state index is 0.800. The first kappa shape index (κ1) is 11.5. The fourth-order valence-electron chi connectivity index (χ4n) is 1.43. The molecule has 0 spiro atoms. The SMILES string of the molecule is C=NSC(=NCC)C1=C(C)CCNC1. The molecule has 1 aliphatic rings. The van der Waals surface area contributed by atoms with Crippen LogP contribution in [-0.4, -0.2) is 31.4 Å². The van der Waals surface area contributed by atoms with Crippen LogP contribution in [-0.2, 0) is 0 Å². The van der Waals surface area contributed by atoms with Gasteiger partial charge < -0.3 is 5.32 Å². The highest BCUT2D eigenvalue weighted by atomic mass is 32.2. The molecule has 1 aliphatic heterocycles. The molecule has 78 valence electrons. The number of hydrogen-bond acceptors (Lipinski definition) is 4. The van der Waals surface area contributed by atoms with E-state index in [1.165, 1.54) is 23.1 Å². The summed E-state index contributed by atoms with van der Waals surface area (Å²) in [4.78, 5) is 4.44. The molecule has 3 nitrogen and oxygen atoms in total. The molecule has 0 radical (unpaired) electrons. The van der Waals surface area contributed by atoms with Crippen LogP contribution in [0, 0.1) is 0 Å². The normalized spacial score (nSPS) is 18.6. The number of rotatable bonds is 3. The summed E-state index contributed by atoms with van der Waals surface area (Å²) in [7, 11) is 0. The summed E-state index contributed by atoms with van der Waals surface area (Å²) >= 11 is 1.38. The molecular weight excluding hydrogens is 194 g/mol. The fourth-order valence-corrected chi connectivity index (χ4v) is 2.10. The van der Waals surface area contributed by atoms with Crippen molar-refractivity contribution in [2.75, 3.05) is 19.6 Å². The lowest BCUT2D eigenvalue weighted by Gasteiger charge is -2.19. The van der Waals surface area contributed by atoms with E-state index in [1.807, 2.05) is 6.92 Å². The molecule has 14 heavy (non-hydrogen) atoms. The lowest BCUT2D eigenvalue weighted by molar-refractivity contribution is 0.692. The van der Waals surface area contributed by atoms with Gasteiger partial charge >= 0.3 is 0 Å². The summed E-state index contributed by atoms with van der Waals surface area (Å²) in [5, 5.41) is 4.37. The number of aliphatic imine (C=N–C) groups is 1. The van der Waals surface area contributed by atoms with Gasteiger partial charge in [0.1, 0.15) is 5.04 Å². The molecule has 1 rings (SSSR count). The second-order valence-corrected chi connectivity index (χ2v) is 4.01. The van der Waals surface area contributed by atoms with E-state index in [0.29, 0.717) is 0 Å². The van der Waals surface area contributed by atoms with Crippen molar-refractivity contribution in [3.05, 3.63) is 11.1 Å². The fraction of sp³-hybridized carbons (Fsp3) is 0.600. The summed E-state index contributed by atoms with van der Waals surface area (Å²) in [5.41, 5.74) is 2.72. The first-order valence-corrected chi connectivity index (χ1v) is 5.64. The maximum atomic E-state index is 4.44. The van der Waals surface area contributed by atoms with Gasteiger partial charge in [0, 0.05) is 25.0 Å². The van der Waals surface area contributed by atoms with Gasteiger partial charge in [0.25, 0.3) is 0 Å². The summed E-state index contributed by atoms with van der Waals surface area (Å²) in [6.45, 7) is 10.5. The largest absolute Gasteiger partial charge is 0.312 e. The van der Waals surface area contributed by atoms with Crippen LogP contribution in [0.3, 0.4) is 0 Å². The Labute approximate surface area is 89.9 Å². The molecule has 1 N–H and O–H groups in total. The van der Waals surface area contributed by atoms with E-state index >= 15 is 0 Å². The lowest BCUT2D eigenvalue weighted by atomic mass is 10.0. The van der Waals surface area contributed by atoms with Crippen LogP contribution in [0.2, 0.25) is 0 Å². The van der Waals surface area contributed by atoms with Crippen LogP contribution in [0.15, 0.2) is 20.5 Å². The molecule has 0 aliphatic carbocycles. The molecular formula is C10H17N3S. The van der Waals surface area contributed by atoms with Crippen molar-refractivity contribution in [1.29, 1.82) is 0 Å². The van der Waals surface area contributed by atoms with Gasteiger partial charge in [-0.3, -0.25) is 4.99 Å². The topological polar surface area (TPSA) is 36.8 Å². The molecule has 0 saturated heterocycles. The number of hydrogen-bond donors (Lipinski definition) is 1. The predicted octanol–water partition coefficient (Wildman–Crippen LogP) is 2.06. The molecule has 0 bridgehead atoms. The summed E-state index contributed by atoms with van der Waals surface area (Å²) in [6, 6.07) is 0. The molecule has 0 amide bonds. The number of nitrogens with one attached hydrogen (secondary N) is 1. The van der Waals surface area contributed by atoms with Gasteiger partial charge in [0.15, 0.2) is 0 Å². The maximum Gasteiger partial charge on any atom is 0.117 e. The Morgan fingerprint density at radius 2 is 2.43 bits per heavy atom. The highest BCUT2D eigenvalue weighted by Crippen LogP contribution is 2.20. The minimum Gasteiger partial charge on any atom is -0.312 e. The average molecular weight is 211 g/mol. The van der Waals surface area contributed by atoms with Crippen LogP contribution in [0.25, 0.3) is 0 Å². The molecule has 1 heterocycles. The molecule has 0 aromatic rings. The summed E-state index contributed by atoms with van der Waals surface area (Å²) < 4.78 is 3.84. The van der Waals surface area contributed by atoms with Gasteiger partial charge in [-0.25, -0.2) is 4.40 Å². The third-order valence-electron chi connectivity index (χ3n) is 2.20. The van der Waals surface area contributed by atoms with E-state index in [9.17, 15) is 0 Å². The Kier molecular flexibility index (Phi) is 4.90. The lowest BCUT2D eigenvalue weighted by Crippen LogP contribution is -2.27. The highest BCUT2D eigenvalue weighted by Gasteiger charge is 2.14. The molecule has 0 aromatic carbocycles. The third kappa shape index (κ3) is 2.96. The number of nitrogens with zero attached hydrogens (tertiary/aromatic N) is 2. The van der Waals surface area contributed by atoms with Gasteiger partial charge in [0.2, 0.25) is 0 Å². The van der Waals surface area contributed by atoms with Crippen molar-refractivity contribution in [3.8, 4) is 0 Å². The predicted molar refractivity (Wildman–Crippen MR) is 65.3 cm³/mol. The maximum absolute atomic E-state index is 4.44. The van der Waals surface area contributed by atoms with Crippen molar-refractivity contribution in [2.45, 2.75) is 20.3 Å². The highest BCUT2D eigenvalue weighted by molar-refractivity contribution is 8.13. The Balaban J connectivity index is 2.85. The molecule has 0 fully saturated rings. The van der Waals surface area contributed by atoms with Crippen LogP contribution in [0.5, 0.6) is 0 Å².